The minimum Gasteiger partial charge on any atom is -0.494 e. The van der Waals surface area contributed by atoms with E-state index in [1.807, 2.05) is 18.2 Å². The van der Waals surface area contributed by atoms with Crippen molar-refractivity contribution in [2.24, 2.45) is 0 Å². The Kier molecular flexibility index (Phi) is 3.52. The maximum absolute atomic E-state index is 11.0. The van der Waals surface area contributed by atoms with Crippen molar-refractivity contribution >= 4 is 17.3 Å². The van der Waals surface area contributed by atoms with Gasteiger partial charge in [-0.2, -0.15) is 0 Å². The standard InChI is InChI=1S/C13H18N2O2/c1-9(16)14-12-7-6-11(8-13(12)17-2)15-10-4-3-5-10/h6-8,10,15H,3-5H2,1-2H3,(H,14,16). The van der Waals surface area contributed by atoms with Gasteiger partial charge in [0, 0.05) is 24.7 Å². The minimum atomic E-state index is -0.0944. The van der Waals surface area contributed by atoms with E-state index in [0.717, 1.165) is 5.69 Å². The van der Waals surface area contributed by atoms with Crippen molar-refractivity contribution in [2.45, 2.75) is 32.2 Å². The number of hydrogen-bond acceptors (Lipinski definition) is 3. The Morgan fingerprint density at radius 1 is 1.41 bits per heavy atom. The van der Waals surface area contributed by atoms with Crippen molar-refractivity contribution in [2.75, 3.05) is 17.7 Å². The van der Waals surface area contributed by atoms with Crippen LogP contribution in [0.1, 0.15) is 26.2 Å². The fourth-order valence-corrected chi connectivity index (χ4v) is 1.86. The second-order valence-electron chi connectivity index (χ2n) is 4.37. The molecule has 0 unspecified atom stereocenters. The first kappa shape index (κ1) is 11.8. The highest BCUT2D eigenvalue weighted by atomic mass is 16.5. The summed E-state index contributed by atoms with van der Waals surface area (Å²) in [6, 6.07) is 6.34. The van der Waals surface area contributed by atoms with Gasteiger partial charge in [-0.1, -0.05) is 0 Å². The van der Waals surface area contributed by atoms with Gasteiger partial charge < -0.3 is 15.4 Å². The Labute approximate surface area is 101 Å². The zero-order valence-corrected chi connectivity index (χ0v) is 10.2. The lowest BCUT2D eigenvalue weighted by Crippen LogP contribution is -2.26. The van der Waals surface area contributed by atoms with Gasteiger partial charge in [0.2, 0.25) is 5.91 Å². The first-order chi connectivity index (χ1) is 8.19. The quantitative estimate of drug-likeness (QED) is 0.842. The van der Waals surface area contributed by atoms with Crippen LogP contribution in [0.15, 0.2) is 18.2 Å². The molecule has 1 saturated carbocycles. The molecule has 0 bridgehead atoms. The molecule has 2 rings (SSSR count). The molecule has 1 aliphatic rings. The third-order valence-corrected chi connectivity index (χ3v) is 2.99. The van der Waals surface area contributed by atoms with Gasteiger partial charge in [-0.05, 0) is 31.4 Å². The molecule has 1 aromatic rings. The van der Waals surface area contributed by atoms with E-state index in [1.54, 1.807) is 7.11 Å². The van der Waals surface area contributed by atoms with Crippen molar-refractivity contribution in [1.29, 1.82) is 0 Å². The number of rotatable bonds is 4. The van der Waals surface area contributed by atoms with E-state index >= 15 is 0 Å². The third kappa shape index (κ3) is 2.90. The molecule has 92 valence electrons. The lowest BCUT2D eigenvalue weighted by atomic mass is 9.93. The van der Waals surface area contributed by atoms with Crippen molar-refractivity contribution in [3.63, 3.8) is 0 Å². The summed E-state index contributed by atoms with van der Waals surface area (Å²) in [5.41, 5.74) is 1.75. The fourth-order valence-electron chi connectivity index (χ4n) is 1.86. The molecular formula is C13H18N2O2. The smallest absolute Gasteiger partial charge is 0.221 e. The number of carbonyl (C=O) groups is 1. The Morgan fingerprint density at radius 2 is 2.18 bits per heavy atom. The van der Waals surface area contributed by atoms with E-state index in [1.165, 1.54) is 26.2 Å². The molecule has 0 heterocycles. The molecule has 0 aromatic heterocycles. The van der Waals surface area contributed by atoms with Gasteiger partial charge in [0.15, 0.2) is 0 Å². The van der Waals surface area contributed by atoms with Gasteiger partial charge in [0.05, 0.1) is 12.8 Å². The number of amides is 1. The predicted molar refractivity (Wildman–Crippen MR) is 68.6 cm³/mol. The summed E-state index contributed by atoms with van der Waals surface area (Å²) < 4.78 is 5.27. The van der Waals surface area contributed by atoms with Crippen molar-refractivity contribution < 1.29 is 9.53 Å². The summed E-state index contributed by atoms with van der Waals surface area (Å²) in [6.07, 6.45) is 3.77. The molecule has 2 N–H and O–H groups in total. The number of nitrogens with one attached hydrogen (secondary N) is 2. The van der Waals surface area contributed by atoms with Crippen LogP contribution in [-0.4, -0.2) is 19.1 Å². The lowest BCUT2D eigenvalue weighted by molar-refractivity contribution is -0.114. The van der Waals surface area contributed by atoms with Crippen LogP contribution in [0.3, 0.4) is 0 Å². The molecule has 0 saturated heterocycles. The number of hydrogen-bond donors (Lipinski definition) is 2. The van der Waals surface area contributed by atoms with Gasteiger partial charge in [0.25, 0.3) is 0 Å². The number of anilines is 2. The molecular weight excluding hydrogens is 216 g/mol. The number of carbonyl (C=O) groups excluding carboxylic acids is 1. The van der Waals surface area contributed by atoms with Crippen LogP contribution < -0.4 is 15.4 Å². The third-order valence-electron chi connectivity index (χ3n) is 2.99. The largest absolute Gasteiger partial charge is 0.494 e. The summed E-state index contributed by atoms with van der Waals surface area (Å²) >= 11 is 0. The highest BCUT2D eigenvalue weighted by Crippen LogP contribution is 2.30. The Bertz CT molecular complexity index is 414. The van der Waals surface area contributed by atoms with Crippen LogP contribution in [0, 0.1) is 0 Å². The molecule has 1 aromatic carbocycles. The topological polar surface area (TPSA) is 50.4 Å². The van der Waals surface area contributed by atoms with E-state index in [4.69, 9.17) is 4.74 Å². The zero-order chi connectivity index (χ0) is 12.3. The number of ether oxygens (including phenoxy) is 1. The van der Waals surface area contributed by atoms with Gasteiger partial charge in [-0.3, -0.25) is 4.79 Å². The summed E-state index contributed by atoms with van der Waals surface area (Å²) in [5, 5.41) is 6.18. The highest BCUT2D eigenvalue weighted by molar-refractivity contribution is 5.90. The van der Waals surface area contributed by atoms with E-state index < -0.39 is 0 Å². The van der Waals surface area contributed by atoms with Crippen LogP contribution in [0.5, 0.6) is 5.75 Å². The Morgan fingerprint density at radius 3 is 2.71 bits per heavy atom. The second-order valence-corrected chi connectivity index (χ2v) is 4.37. The average Bonchev–Trinajstić information content (AvgIpc) is 2.24. The molecule has 0 atom stereocenters. The molecule has 1 fully saturated rings. The zero-order valence-electron chi connectivity index (χ0n) is 10.2. The summed E-state index contributed by atoms with van der Waals surface area (Å²) in [4.78, 5) is 11.0. The highest BCUT2D eigenvalue weighted by Gasteiger charge is 2.17. The van der Waals surface area contributed by atoms with Crippen LogP contribution in [0.25, 0.3) is 0 Å². The molecule has 1 amide bonds. The van der Waals surface area contributed by atoms with Crippen molar-refractivity contribution in [3.05, 3.63) is 18.2 Å². The van der Waals surface area contributed by atoms with Crippen LogP contribution >= 0.6 is 0 Å². The monoisotopic (exact) mass is 234 g/mol. The van der Waals surface area contributed by atoms with Crippen molar-refractivity contribution in [1.82, 2.24) is 0 Å². The van der Waals surface area contributed by atoms with Crippen molar-refractivity contribution in [3.8, 4) is 5.75 Å². The molecule has 17 heavy (non-hydrogen) atoms. The normalized spacial score (nSPS) is 14.9. The van der Waals surface area contributed by atoms with Crippen LogP contribution in [0.4, 0.5) is 11.4 Å². The maximum Gasteiger partial charge on any atom is 0.221 e. The number of benzene rings is 1. The van der Waals surface area contributed by atoms with E-state index in [2.05, 4.69) is 10.6 Å². The predicted octanol–water partition coefficient (Wildman–Crippen LogP) is 2.62. The van der Waals surface area contributed by atoms with E-state index in [9.17, 15) is 4.79 Å². The molecule has 4 heteroatoms. The van der Waals surface area contributed by atoms with E-state index in [-0.39, 0.29) is 5.91 Å². The Balaban J connectivity index is 2.11. The van der Waals surface area contributed by atoms with Gasteiger partial charge in [-0.15, -0.1) is 0 Å². The van der Waals surface area contributed by atoms with Crippen LogP contribution in [-0.2, 0) is 4.79 Å². The fraction of sp³-hybridized carbons (Fsp3) is 0.462. The van der Waals surface area contributed by atoms with Gasteiger partial charge in [0.1, 0.15) is 5.75 Å². The Hall–Kier alpha value is -1.71. The van der Waals surface area contributed by atoms with Gasteiger partial charge >= 0.3 is 0 Å². The maximum atomic E-state index is 11.0. The molecule has 0 aliphatic heterocycles. The number of methoxy groups -OCH3 is 1. The van der Waals surface area contributed by atoms with Gasteiger partial charge in [-0.25, -0.2) is 0 Å². The van der Waals surface area contributed by atoms with E-state index in [0.29, 0.717) is 17.5 Å². The molecule has 1 aliphatic carbocycles. The summed E-state index contributed by atoms with van der Waals surface area (Å²) in [6.45, 7) is 1.49. The molecule has 4 nitrogen and oxygen atoms in total. The summed E-state index contributed by atoms with van der Waals surface area (Å²) in [7, 11) is 1.60. The lowest BCUT2D eigenvalue weighted by Gasteiger charge is -2.27. The molecule has 0 radical (unpaired) electrons. The second kappa shape index (κ2) is 5.08. The SMILES string of the molecule is COc1cc(NC2CCC2)ccc1NC(C)=O. The van der Waals surface area contributed by atoms with Crippen LogP contribution in [0.2, 0.25) is 0 Å². The first-order valence-corrected chi connectivity index (χ1v) is 5.91. The average molecular weight is 234 g/mol. The summed E-state index contributed by atoms with van der Waals surface area (Å²) in [5.74, 6) is 0.590. The first-order valence-electron chi connectivity index (χ1n) is 5.91. The minimum absolute atomic E-state index is 0.0944. The molecule has 0 spiro atoms.